The van der Waals surface area contributed by atoms with Crippen molar-refractivity contribution in [2.24, 2.45) is 12.8 Å². The van der Waals surface area contributed by atoms with Crippen molar-refractivity contribution >= 4 is 5.91 Å². The average Bonchev–Trinajstić information content (AvgIpc) is 2.44. The van der Waals surface area contributed by atoms with Crippen LogP contribution in [0.4, 0.5) is 0 Å². The van der Waals surface area contributed by atoms with Crippen molar-refractivity contribution in [1.82, 2.24) is 20.3 Å². The summed E-state index contributed by atoms with van der Waals surface area (Å²) in [7, 11) is 1.74. The van der Waals surface area contributed by atoms with Gasteiger partial charge in [0.2, 0.25) is 0 Å². The normalized spacial score (nSPS) is 10.1. The summed E-state index contributed by atoms with van der Waals surface area (Å²) >= 11 is 0. The number of aromatic nitrogens is 3. The van der Waals surface area contributed by atoms with E-state index >= 15 is 0 Å². The molecule has 0 radical (unpaired) electrons. The third kappa shape index (κ3) is 2.03. The predicted molar refractivity (Wildman–Crippen MR) is 47.1 cm³/mol. The first-order valence-corrected chi connectivity index (χ1v) is 4.01. The standard InChI is InChI=1S/C7H13N5O/c1-5-6(10-11-12(5)2)7(13)9-4-3-8/h3-4,8H2,1-2H3,(H,9,13). The van der Waals surface area contributed by atoms with Crippen molar-refractivity contribution in [3.63, 3.8) is 0 Å². The summed E-state index contributed by atoms with van der Waals surface area (Å²) in [6.45, 7) is 2.66. The van der Waals surface area contributed by atoms with Crippen LogP contribution in [0, 0.1) is 6.92 Å². The van der Waals surface area contributed by atoms with Gasteiger partial charge in [0.05, 0.1) is 5.69 Å². The van der Waals surface area contributed by atoms with Gasteiger partial charge in [0.1, 0.15) is 0 Å². The van der Waals surface area contributed by atoms with Gasteiger partial charge in [-0.05, 0) is 6.92 Å². The number of nitrogens with two attached hydrogens (primary N) is 1. The SMILES string of the molecule is Cc1c(C(=O)NCCN)nnn1C. The molecule has 0 saturated heterocycles. The van der Waals surface area contributed by atoms with Gasteiger partial charge in [0.25, 0.3) is 5.91 Å². The molecule has 0 spiro atoms. The van der Waals surface area contributed by atoms with E-state index in [1.54, 1.807) is 18.7 Å². The Labute approximate surface area is 76.1 Å². The molecule has 0 aliphatic heterocycles. The van der Waals surface area contributed by atoms with Crippen LogP contribution in [-0.4, -0.2) is 34.0 Å². The second-order valence-corrected chi connectivity index (χ2v) is 2.69. The lowest BCUT2D eigenvalue weighted by molar-refractivity contribution is 0.0949. The lowest BCUT2D eigenvalue weighted by Gasteiger charge is -2.00. The van der Waals surface area contributed by atoms with E-state index in [1.807, 2.05) is 0 Å². The molecule has 3 N–H and O–H groups in total. The monoisotopic (exact) mass is 183 g/mol. The number of hydrogen-bond donors (Lipinski definition) is 2. The minimum atomic E-state index is -0.226. The third-order valence-corrected chi connectivity index (χ3v) is 1.75. The van der Waals surface area contributed by atoms with Crippen molar-refractivity contribution in [3.8, 4) is 0 Å². The quantitative estimate of drug-likeness (QED) is 0.617. The van der Waals surface area contributed by atoms with Crippen LogP contribution in [-0.2, 0) is 7.05 Å². The van der Waals surface area contributed by atoms with Gasteiger partial charge in [-0.2, -0.15) is 0 Å². The first-order chi connectivity index (χ1) is 6.16. The molecule has 13 heavy (non-hydrogen) atoms. The summed E-state index contributed by atoms with van der Waals surface area (Å²) < 4.78 is 1.55. The molecule has 6 nitrogen and oxygen atoms in total. The highest BCUT2D eigenvalue weighted by molar-refractivity contribution is 5.93. The number of aryl methyl sites for hydroxylation is 1. The number of rotatable bonds is 3. The van der Waals surface area contributed by atoms with Crippen molar-refractivity contribution < 1.29 is 4.79 Å². The van der Waals surface area contributed by atoms with Gasteiger partial charge >= 0.3 is 0 Å². The van der Waals surface area contributed by atoms with E-state index in [9.17, 15) is 4.79 Å². The Kier molecular flexibility index (Phi) is 2.97. The Morgan fingerprint density at radius 1 is 1.69 bits per heavy atom. The molecular weight excluding hydrogens is 170 g/mol. The average molecular weight is 183 g/mol. The molecule has 0 aromatic carbocycles. The molecule has 1 amide bonds. The number of carbonyl (C=O) groups is 1. The molecule has 0 atom stereocenters. The molecule has 0 aliphatic rings. The zero-order valence-corrected chi connectivity index (χ0v) is 7.74. The van der Waals surface area contributed by atoms with Gasteiger partial charge in [-0.25, -0.2) is 0 Å². The predicted octanol–water partition coefficient (Wildman–Crippen LogP) is -1.19. The van der Waals surface area contributed by atoms with E-state index in [-0.39, 0.29) is 5.91 Å². The van der Waals surface area contributed by atoms with Crippen molar-refractivity contribution in [2.45, 2.75) is 6.92 Å². The van der Waals surface area contributed by atoms with Gasteiger partial charge in [-0.1, -0.05) is 5.21 Å². The Balaban J connectivity index is 2.71. The highest BCUT2D eigenvalue weighted by Gasteiger charge is 2.13. The first-order valence-electron chi connectivity index (χ1n) is 4.01. The molecular formula is C7H13N5O. The summed E-state index contributed by atoms with van der Waals surface area (Å²) in [5.74, 6) is -0.226. The molecule has 1 rings (SSSR count). The molecule has 1 aromatic heterocycles. The molecule has 72 valence electrons. The molecule has 6 heteroatoms. The highest BCUT2D eigenvalue weighted by Crippen LogP contribution is 2.00. The lowest BCUT2D eigenvalue weighted by atomic mass is 10.3. The topological polar surface area (TPSA) is 85.8 Å². The maximum absolute atomic E-state index is 11.4. The summed E-state index contributed by atoms with van der Waals surface area (Å²) in [5, 5.41) is 10.1. The minimum Gasteiger partial charge on any atom is -0.349 e. The highest BCUT2D eigenvalue weighted by atomic mass is 16.2. The number of hydrogen-bond acceptors (Lipinski definition) is 4. The summed E-state index contributed by atoms with van der Waals surface area (Å²) in [5.41, 5.74) is 6.34. The van der Waals surface area contributed by atoms with Crippen molar-refractivity contribution in [3.05, 3.63) is 11.4 Å². The smallest absolute Gasteiger partial charge is 0.273 e. The fourth-order valence-corrected chi connectivity index (χ4v) is 0.884. The zero-order valence-electron chi connectivity index (χ0n) is 7.74. The third-order valence-electron chi connectivity index (χ3n) is 1.75. The van der Waals surface area contributed by atoms with Gasteiger partial charge in [-0.15, -0.1) is 5.10 Å². The number of amides is 1. The van der Waals surface area contributed by atoms with Gasteiger partial charge in [-0.3, -0.25) is 9.48 Å². The van der Waals surface area contributed by atoms with Crippen LogP contribution in [0.3, 0.4) is 0 Å². The van der Waals surface area contributed by atoms with Crippen LogP contribution in [0.1, 0.15) is 16.2 Å². The molecule has 0 bridgehead atoms. The molecule has 1 heterocycles. The van der Waals surface area contributed by atoms with E-state index in [0.29, 0.717) is 18.8 Å². The van der Waals surface area contributed by atoms with Crippen LogP contribution in [0.15, 0.2) is 0 Å². The molecule has 0 fully saturated rings. The summed E-state index contributed by atoms with van der Waals surface area (Å²) in [4.78, 5) is 11.4. The number of carbonyl (C=O) groups excluding carboxylic acids is 1. The van der Waals surface area contributed by atoms with Gasteiger partial charge < -0.3 is 11.1 Å². The largest absolute Gasteiger partial charge is 0.349 e. The van der Waals surface area contributed by atoms with Crippen molar-refractivity contribution in [2.75, 3.05) is 13.1 Å². The van der Waals surface area contributed by atoms with Crippen LogP contribution >= 0.6 is 0 Å². The number of nitrogens with zero attached hydrogens (tertiary/aromatic N) is 3. The Morgan fingerprint density at radius 3 is 2.85 bits per heavy atom. The van der Waals surface area contributed by atoms with Crippen molar-refractivity contribution in [1.29, 1.82) is 0 Å². The lowest BCUT2D eigenvalue weighted by Crippen LogP contribution is -2.29. The van der Waals surface area contributed by atoms with E-state index in [4.69, 9.17) is 5.73 Å². The van der Waals surface area contributed by atoms with Crippen LogP contribution in [0.2, 0.25) is 0 Å². The Hall–Kier alpha value is -1.43. The number of nitrogens with one attached hydrogen (secondary N) is 1. The summed E-state index contributed by atoms with van der Waals surface area (Å²) in [6.07, 6.45) is 0. The van der Waals surface area contributed by atoms with Crippen LogP contribution < -0.4 is 11.1 Å². The minimum absolute atomic E-state index is 0.226. The van der Waals surface area contributed by atoms with E-state index in [1.165, 1.54) is 0 Å². The fourth-order valence-electron chi connectivity index (χ4n) is 0.884. The van der Waals surface area contributed by atoms with E-state index in [2.05, 4.69) is 15.6 Å². The van der Waals surface area contributed by atoms with Gasteiger partial charge in [0, 0.05) is 20.1 Å². The maximum Gasteiger partial charge on any atom is 0.273 e. The fraction of sp³-hybridized carbons (Fsp3) is 0.571. The molecule has 1 aromatic rings. The molecule has 0 unspecified atom stereocenters. The van der Waals surface area contributed by atoms with Crippen LogP contribution in [0.5, 0.6) is 0 Å². The Bertz CT molecular complexity index is 306. The molecule has 0 aliphatic carbocycles. The second-order valence-electron chi connectivity index (χ2n) is 2.69. The Morgan fingerprint density at radius 2 is 2.38 bits per heavy atom. The summed E-state index contributed by atoms with van der Waals surface area (Å²) in [6, 6.07) is 0. The first kappa shape index (κ1) is 9.66. The van der Waals surface area contributed by atoms with Gasteiger partial charge in [0.15, 0.2) is 5.69 Å². The second kappa shape index (κ2) is 3.99. The van der Waals surface area contributed by atoms with E-state index in [0.717, 1.165) is 5.69 Å². The molecule has 0 saturated carbocycles. The van der Waals surface area contributed by atoms with Crippen LogP contribution in [0.25, 0.3) is 0 Å². The maximum atomic E-state index is 11.4. The van der Waals surface area contributed by atoms with E-state index < -0.39 is 0 Å². The zero-order chi connectivity index (χ0) is 9.84.